The van der Waals surface area contributed by atoms with E-state index in [4.69, 9.17) is 0 Å². The standard InChI is InChI=1S/C14H16NO/c1-2-12-7-6-10-15(11-12)14(16)13-8-4-3-5-9-13/h3-5,7-9,11H,2,6,10H2,1H3/q+1. The summed E-state index contributed by atoms with van der Waals surface area (Å²) in [5.74, 6) is 0.0969. The van der Waals surface area contributed by atoms with Crippen molar-refractivity contribution in [2.45, 2.75) is 19.8 Å². The van der Waals surface area contributed by atoms with Crippen LogP contribution in [0.1, 0.15) is 30.1 Å². The van der Waals surface area contributed by atoms with Crippen molar-refractivity contribution in [3.05, 3.63) is 47.5 Å². The smallest absolute Gasteiger partial charge is 0.214 e. The predicted molar refractivity (Wildman–Crippen MR) is 65.0 cm³/mol. The number of carbonyl (C=O) groups is 1. The molecule has 2 heteroatoms. The largest absolute Gasteiger partial charge is 0.419 e. The monoisotopic (exact) mass is 214 g/mol. The molecule has 0 aromatic heterocycles. The molecule has 1 amide bonds. The van der Waals surface area contributed by atoms with Gasteiger partial charge in [0.2, 0.25) is 0 Å². The molecule has 1 aliphatic rings. The summed E-state index contributed by atoms with van der Waals surface area (Å²) in [6.07, 6.45) is 6.12. The van der Waals surface area contributed by atoms with Gasteiger partial charge in [0.15, 0.2) is 12.8 Å². The molecule has 0 radical (unpaired) electrons. The van der Waals surface area contributed by atoms with Crippen LogP contribution in [0, 0.1) is 0 Å². The summed E-state index contributed by atoms with van der Waals surface area (Å²) in [4.78, 5) is 12.1. The van der Waals surface area contributed by atoms with Gasteiger partial charge in [-0.15, -0.1) is 0 Å². The number of amides is 1. The molecule has 2 rings (SSSR count). The molecule has 0 aliphatic carbocycles. The van der Waals surface area contributed by atoms with E-state index in [1.165, 1.54) is 5.57 Å². The third kappa shape index (κ3) is 2.27. The normalized spacial score (nSPS) is 15.3. The topological polar surface area (TPSA) is 20.1 Å². The molecule has 1 heterocycles. The first kappa shape index (κ1) is 10.8. The van der Waals surface area contributed by atoms with Crippen LogP contribution in [0.25, 0.3) is 0 Å². The summed E-state index contributed by atoms with van der Waals surface area (Å²) in [6.45, 7) is 2.90. The van der Waals surface area contributed by atoms with Crippen molar-refractivity contribution in [1.29, 1.82) is 0 Å². The van der Waals surface area contributed by atoms with Crippen LogP contribution in [-0.4, -0.2) is 23.2 Å². The van der Waals surface area contributed by atoms with Crippen LogP contribution in [0.4, 0.5) is 0 Å². The van der Waals surface area contributed by atoms with Gasteiger partial charge in [0.05, 0.1) is 5.56 Å². The Kier molecular flexibility index (Phi) is 3.30. The van der Waals surface area contributed by atoms with Gasteiger partial charge in [0.1, 0.15) is 0 Å². The number of hydrogen-bond acceptors (Lipinski definition) is 1. The molecule has 2 nitrogen and oxygen atoms in total. The number of allylic oxidation sites excluding steroid dienone is 1. The second-order valence-electron chi connectivity index (χ2n) is 3.91. The van der Waals surface area contributed by atoms with Gasteiger partial charge in [-0.3, -0.25) is 0 Å². The molecule has 0 atom stereocenters. The molecule has 1 aromatic carbocycles. The van der Waals surface area contributed by atoms with E-state index in [0.29, 0.717) is 0 Å². The summed E-state index contributed by atoms with van der Waals surface area (Å²) in [6, 6.07) is 9.44. The Morgan fingerprint density at radius 2 is 2.06 bits per heavy atom. The summed E-state index contributed by atoms with van der Waals surface area (Å²) >= 11 is 0. The number of carbonyl (C=O) groups excluding carboxylic acids is 1. The maximum absolute atomic E-state index is 12.1. The molecule has 0 saturated carbocycles. The lowest BCUT2D eigenvalue weighted by Crippen LogP contribution is -2.25. The Labute approximate surface area is 95.9 Å². The number of hydrogen-bond donors (Lipinski definition) is 0. The van der Waals surface area contributed by atoms with Crippen LogP contribution < -0.4 is 0 Å². The number of benzene rings is 1. The molecular formula is C14H16NO+. The molecule has 1 aliphatic heterocycles. The van der Waals surface area contributed by atoms with Gasteiger partial charge in [0.25, 0.3) is 0 Å². The molecule has 0 N–H and O–H groups in total. The molecule has 82 valence electrons. The Hall–Kier alpha value is -1.70. The Balaban J connectivity index is 2.23. The Morgan fingerprint density at radius 1 is 1.31 bits per heavy atom. The number of rotatable bonds is 2. The quantitative estimate of drug-likeness (QED) is 0.693. The van der Waals surface area contributed by atoms with Gasteiger partial charge in [0, 0.05) is 12.0 Å². The summed E-state index contributed by atoms with van der Waals surface area (Å²) < 4.78 is 1.81. The SMILES string of the molecule is CCC1=CCC[N+](C(=O)c2ccccc2)=C1. The van der Waals surface area contributed by atoms with Crippen LogP contribution in [0.3, 0.4) is 0 Å². The highest BCUT2D eigenvalue weighted by molar-refractivity contribution is 5.92. The lowest BCUT2D eigenvalue weighted by atomic mass is 10.1. The predicted octanol–water partition coefficient (Wildman–Crippen LogP) is 2.65. The zero-order valence-corrected chi connectivity index (χ0v) is 9.52. The third-order valence-electron chi connectivity index (χ3n) is 2.79. The van der Waals surface area contributed by atoms with Gasteiger partial charge in [-0.25, -0.2) is 4.79 Å². The molecule has 0 unspecified atom stereocenters. The summed E-state index contributed by atoms with van der Waals surface area (Å²) in [5, 5.41) is 0. The first-order valence-corrected chi connectivity index (χ1v) is 5.71. The van der Waals surface area contributed by atoms with Crippen LogP contribution in [0.2, 0.25) is 0 Å². The van der Waals surface area contributed by atoms with E-state index in [2.05, 4.69) is 13.0 Å². The highest BCUT2D eigenvalue weighted by Gasteiger charge is 2.21. The lowest BCUT2D eigenvalue weighted by molar-refractivity contribution is -0.424. The molecule has 0 fully saturated rings. The average Bonchev–Trinajstić information content (AvgIpc) is 2.39. The van der Waals surface area contributed by atoms with E-state index in [1.54, 1.807) is 0 Å². The minimum atomic E-state index is 0.0969. The molecular weight excluding hydrogens is 198 g/mol. The fourth-order valence-electron chi connectivity index (χ4n) is 1.85. The van der Waals surface area contributed by atoms with E-state index >= 15 is 0 Å². The molecule has 0 saturated heterocycles. The number of nitrogens with zero attached hydrogens (tertiary/aromatic N) is 1. The average molecular weight is 214 g/mol. The van der Waals surface area contributed by atoms with E-state index in [9.17, 15) is 4.79 Å². The van der Waals surface area contributed by atoms with Crippen molar-refractivity contribution in [2.75, 3.05) is 6.54 Å². The lowest BCUT2D eigenvalue weighted by Gasteiger charge is -2.06. The van der Waals surface area contributed by atoms with Crippen LogP contribution >= 0.6 is 0 Å². The zero-order chi connectivity index (χ0) is 11.4. The van der Waals surface area contributed by atoms with Crippen LogP contribution in [-0.2, 0) is 0 Å². The first-order valence-electron chi connectivity index (χ1n) is 5.71. The molecule has 0 spiro atoms. The zero-order valence-electron chi connectivity index (χ0n) is 9.52. The van der Waals surface area contributed by atoms with Crippen LogP contribution in [0.15, 0.2) is 42.0 Å². The van der Waals surface area contributed by atoms with Crippen molar-refractivity contribution in [3.63, 3.8) is 0 Å². The minimum Gasteiger partial charge on any atom is -0.214 e. The Morgan fingerprint density at radius 3 is 2.75 bits per heavy atom. The van der Waals surface area contributed by atoms with Gasteiger partial charge in [-0.2, -0.15) is 4.58 Å². The van der Waals surface area contributed by atoms with Crippen molar-refractivity contribution in [3.8, 4) is 0 Å². The van der Waals surface area contributed by atoms with E-state index < -0.39 is 0 Å². The molecule has 1 aromatic rings. The molecule has 16 heavy (non-hydrogen) atoms. The minimum absolute atomic E-state index is 0.0969. The van der Waals surface area contributed by atoms with Crippen molar-refractivity contribution in [1.82, 2.24) is 0 Å². The third-order valence-corrected chi connectivity index (χ3v) is 2.79. The van der Waals surface area contributed by atoms with E-state index in [0.717, 1.165) is 24.9 Å². The maximum atomic E-state index is 12.1. The van der Waals surface area contributed by atoms with Gasteiger partial charge in [-0.05, 0) is 18.6 Å². The maximum Gasteiger partial charge on any atom is 0.419 e. The highest BCUT2D eigenvalue weighted by atomic mass is 16.2. The van der Waals surface area contributed by atoms with E-state index in [1.807, 2.05) is 41.1 Å². The van der Waals surface area contributed by atoms with Gasteiger partial charge in [-0.1, -0.05) is 31.2 Å². The fourth-order valence-corrected chi connectivity index (χ4v) is 1.85. The second-order valence-corrected chi connectivity index (χ2v) is 3.91. The van der Waals surface area contributed by atoms with Gasteiger partial charge >= 0.3 is 5.91 Å². The second kappa shape index (κ2) is 4.88. The summed E-state index contributed by atoms with van der Waals surface area (Å²) in [7, 11) is 0. The molecule has 0 bridgehead atoms. The highest BCUT2D eigenvalue weighted by Crippen LogP contribution is 2.08. The Bertz CT molecular complexity index is 443. The van der Waals surface area contributed by atoms with Crippen molar-refractivity contribution >= 4 is 12.1 Å². The summed E-state index contributed by atoms with van der Waals surface area (Å²) in [5.41, 5.74) is 2.01. The van der Waals surface area contributed by atoms with Crippen molar-refractivity contribution < 1.29 is 9.37 Å². The fraction of sp³-hybridized carbons (Fsp3) is 0.286. The van der Waals surface area contributed by atoms with Crippen molar-refractivity contribution in [2.24, 2.45) is 0 Å². The van der Waals surface area contributed by atoms with Crippen LogP contribution in [0.5, 0.6) is 0 Å². The first-order chi connectivity index (χ1) is 7.81. The van der Waals surface area contributed by atoms with E-state index in [-0.39, 0.29) is 5.91 Å². The van der Waals surface area contributed by atoms with Gasteiger partial charge < -0.3 is 0 Å².